The third kappa shape index (κ3) is 5.55. The monoisotopic (exact) mass is 297 g/mol. The van der Waals surface area contributed by atoms with Gasteiger partial charge < -0.3 is 25.5 Å². The lowest BCUT2D eigenvalue weighted by Gasteiger charge is -2.23. The number of carbonyl (C=O) groups excluding carboxylic acids is 2. The molecule has 1 aromatic heterocycles. The van der Waals surface area contributed by atoms with Crippen molar-refractivity contribution in [1.29, 1.82) is 0 Å². The lowest BCUT2D eigenvalue weighted by atomic mass is 10.1. The third-order valence-electron chi connectivity index (χ3n) is 2.87. The van der Waals surface area contributed by atoms with Gasteiger partial charge in [0, 0.05) is 13.0 Å². The Morgan fingerprint density at radius 2 is 2.19 bits per heavy atom. The fourth-order valence-electron chi connectivity index (χ4n) is 1.70. The van der Waals surface area contributed by atoms with E-state index in [1.165, 1.54) is 11.2 Å². The van der Waals surface area contributed by atoms with Gasteiger partial charge >= 0.3 is 12.0 Å². The minimum absolute atomic E-state index is 0.0469. The Morgan fingerprint density at radius 1 is 1.48 bits per heavy atom. The fraction of sp³-hybridized carbons (Fsp3) is 0.462. The van der Waals surface area contributed by atoms with Crippen LogP contribution in [0.25, 0.3) is 0 Å². The number of hydrogen-bond donors (Lipinski definition) is 3. The molecule has 116 valence electrons. The van der Waals surface area contributed by atoms with Gasteiger partial charge in [0.25, 0.3) is 0 Å². The van der Waals surface area contributed by atoms with Gasteiger partial charge in [-0.2, -0.15) is 0 Å². The quantitative estimate of drug-likeness (QED) is 0.645. The summed E-state index contributed by atoms with van der Waals surface area (Å²) in [5, 5.41) is 11.4. The number of nitrogens with zero attached hydrogens (tertiary/aromatic N) is 1. The van der Waals surface area contributed by atoms with Crippen LogP contribution in [0.5, 0.6) is 0 Å². The molecule has 0 radical (unpaired) electrons. The average molecular weight is 297 g/mol. The highest BCUT2D eigenvalue weighted by molar-refractivity contribution is 5.83. The Bertz CT molecular complexity index is 486. The molecule has 0 aliphatic heterocycles. The molecule has 0 saturated heterocycles. The SMILES string of the molecule is CCN(Cc1ccco1)C(=O)NC(CCC(N)=O)C(=O)O. The zero-order chi connectivity index (χ0) is 15.8. The van der Waals surface area contributed by atoms with Crippen LogP contribution in [0.4, 0.5) is 4.79 Å². The number of urea groups is 1. The van der Waals surface area contributed by atoms with Crippen LogP contribution < -0.4 is 11.1 Å². The van der Waals surface area contributed by atoms with E-state index in [9.17, 15) is 14.4 Å². The van der Waals surface area contributed by atoms with E-state index in [4.69, 9.17) is 15.3 Å². The minimum atomic E-state index is -1.21. The minimum Gasteiger partial charge on any atom is -0.480 e. The number of nitrogens with one attached hydrogen (secondary N) is 1. The molecule has 0 bridgehead atoms. The van der Waals surface area contributed by atoms with Crippen LogP contribution in [0.1, 0.15) is 25.5 Å². The Kier molecular flexibility index (Phi) is 6.25. The normalized spacial score (nSPS) is 11.7. The van der Waals surface area contributed by atoms with Gasteiger partial charge in [0.15, 0.2) is 0 Å². The molecule has 1 heterocycles. The van der Waals surface area contributed by atoms with Crippen molar-refractivity contribution in [2.45, 2.75) is 32.4 Å². The molecule has 3 amide bonds. The highest BCUT2D eigenvalue weighted by Gasteiger charge is 2.23. The molecule has 21 heavy (non-hydrogen) atoms. The van der Waals surface area contributed by atoms with Crippen molar-refractivity contribution in [2.75, 3.05) is 6.54 Å². The van der Waals surface area contributed by atoms with Gasteiger partial charge in [-0.05, 0) is 25.5 Å². The molecule has 1 unspecified atom stereocenters. The second-order valence-corrected chi connectivity index (χ2v) is 4.44. The highest BCUT2D eigenvalue weighted by atomic mass is 16.4. The second kappa shape index (κ2) is 7.93. The van der Waals surface area contributed by atoms with Gasteiger partial charge in [-0.1, -0.05) is 0 Å². The van der Waals surface area contributed by atoms with Crippen LogP contribution in [0, 0.1) is 0 Å². The molecule has 0 aromatic carbocycles. The number of nitrogens with two attached hydrogens (primary N) is 1. The molecule has 8 heteroatoms. The van der Waals surface area contributed by atoms with Crippen LogP contribution in [-0.4, -0.2) is 40.5 Å². The predicted octanol–water partition coefficient (Wildman–Crippen LogP) is 0.530. The van der Waals surface area contributed by atoms with Gasteiger partial charge in [0.05, 0.1) is 12.8 Å². The highest BCUT2D eigenvalue weighted by Crippen LogP contribution is 2.06. The summed E-state index contributed by atoms with van der Waals surface area (Å²) >= 11 is 0. The van der Waals surface area contributed by atoms with E-state index in [0.29, 0.717) is 12.3 Å². The zero-order valence-electron chi connectivity index (χ0n) is 11.7. The lowest BCUT2D eigenvalue weighted by Crippen LogP contribution is -2.47. The number of carbonyl (C=O) groups is 3. The van der Waals surface area contributed by atoms with E-state index in [-0.39, 0.29) is 19.4 Å². The van der Waals surface area contributed by atoms with Crippen molar-refractivity contribution in [3.05, 3.63) is 24.2 Å². The first-order chi connectivity index (χ1) is 9.93. The molecular formula is C13H19N3O5. The summed E-state index contributed by atoms with van der Waals surface area (Å²) in [5.74, 6) is -1.23. The van der Waals surface area contributed by atoms with Gasteiger partial charge in [0.1, 0.15) is 11.8 Å². The molecule has 0 fully saturated rings. The van der Waals surface area contributed by atoms with E-state index in [1.807, 2.05) is 0 Å². The Labute approximate surface area is 121 Å². The summed E-state index contributed by atoms with van der Waals surface area (Å²) in [4.78, 5) is 35.2. The summed E-state index contributed by atoms with van der Waals surface area (Å²) in [7, 11) is 0. The third-order valence-corrected chi connectivity index (χ3v) is 2.87. The maximum Gasteiger partial charge on any atom is 0.326 e. The van der Waals surface area contributed by atoms with Gasteiger partial charge in [-0.15, -0.1) is 0 Å². The van der Waals surface area contributed by atoms with Gasteiger partial charge in [-0.3, -0.25) is 4.79 Å². The van der Waals surface area contributed by atoms with Crippen LogP contribution >= 0.6 is 0 Å². The number of primary amides is 1. The van der Waals surface area contributed by atoms with Crippen molar-refractivity contribution >= 4 is 17.9 Å². The average Bonchev–Trinajstić information content (AvgIpc) is 2.92. The van der Waals surface area contributed by atoms with Crippen molar-refractivity contribution in [3.63, 3.8) is 0 Å². The molecule has 8 nitrogen and oxygen atoms in total. The first-order valence-corrected chi connectivity index (χ1v) is 6.53. The number of hydrogen-bond acceptors (Lipinski definition) is 4. The summed E-state index contributed by atoms with van der Waals surface area (Å²) < 4.78 is 5.15. The largest absolute Gasteiger partial charge is 0.480 e. The van der Waals surface area contributed by atoms with E-state index in [2.05, 4.69) is 5.32 Å². The zero-order valence-corrected chi connectivity index (χ0v) is 11.7. The van der Waals surface area contributed by atoms with Crippen LogP contribution in [-0.2, 0) is 16.1 Å². The lowest BCUT2D eigenvalue weighted by molar-refractivity contribution is -0.139. The first-order valence-electron chi connectivity index (χ1n) is 6.53. The number of amides is 3. The number of aliphatic carboxylic acids is 1. The molecule has 0 saturated carbocycles. The van der Waals surface area contributed by atoms with E-state index < -0.39 is 23.9 Å². The number of carboxylic acid groups (broad SMARTS) is 1. The van der Waals surface area contributed by atoms with E-state index in [1.54, 1.807) is 19.1 Å². The fourth-order valence-corrected chi connectivity index (χ4v) is 1.70. The van der Waals surface area contributed by atoms with Crippen LogP contribution in [0.3, 0.4) is 0 Å². The molecule has 0 aliphatic carbocycles. The van der Waals surface area contributed by atoms with Crippen LogP contribution in [0.15, 0.2) is 22.8 Å². The summed E-state index contributed by atoms with van der Waals surface area (Å²) in [6, 6.07) is 1.73. The number of rotatable bonds is 8. The van der Waals surface area contributed by atoms with E-state index in [0.717, 1.165) is 0 Å². The Balaban J connectivity index is 2.61. The summed E-state index contributed by atoms with van der Waals surface area (Å²) in [6.45, 7) is 2.38. The smallest absolute Gasteiger partial charge is 0.326 e. The molecule has 0 spiro atoms. The molecule has 1 aromatic rings. The van der Waals surface area contributed by atoms with E-state index >= 15 is 0 Å². The Hall–Kier alpha value is -2.51. The van der Waals surface area contributed by atoms with Gasteiger partial charge in [-0.25, -0.2) is 9.59 Å². The summed E-state index contributed by atoms with van der Waals surface area (Å²) in [5.41, 5.74) is 4.98. The standard InChI is InChI=1S/C13H19N3O5/c1-2-16(8-9-4-3-7-21-9)13(20)15-10(12(18)19)5-6-11(14)17/h3-4,7,10H,2,5-6,8H2,1H3,(H2,14,17)(H,15,20)(H,18,19). The van der Waals surface area contributed by atoms with Crippen molar-refractivity contribution in [2.24, 2.45) is 5.73 Å². The number of carboxylic acids is 1. The maximum absolute atomic E-state index is 12.1. The molecule has 0 aliphatic rings. The molecule has 1 rings (SSSR count). The maximum atomic E-state index is 12.1. The van der Waals surface area contributed by atoms with Crippen molar-refractivity contribution in [3.8, 4) is 0 Å². The van der Waals surface area contributed by atoms with Crippen LogP contribution in [0.2, 0.25) is 0 Å². The Morgan fingerprint density at radius 3 is 2.67 bits per heavy atom. The number of furan rings is 1. The molecule has 4 N–H and O–H groups in total. The van der Waals surface area contributed by atoms with Crippen molar-refractivity contribution < 1.29 is 23.9 Å². The van der Waals surface area contributed by atoms with Crippen molar-refractivity contribution in [1.82, 2.24) is 10.2 Å². The topological polar surface area (TPSA) is 126 Å². The predicted molar refractivity (Wildman–Crippen MR) is 73.2 cm³/mol. The second-order valence-electron chi connectivity index (χ2n) is 4.44. The molecule has 1 atom stereocenters. The molecular weight excluding hydrogens is 278 g/mol. The van der Waals surface area contributed by atoms with Gasteiger partial charge in [0.2, 0.25) is 5.91 Å². The first kappa shape index (κ1) is 16.5. The summed E-state index contributed by atoms with van der Waals surface area (Å²) in [6.07, 6.45) is 1.34.